The first-order valence-corrected chi connectivity index (χ1v) is 5.43. The molecule has 0 spiro atoms. The lowest BCUT2D eigenvalue weighted by atomic mass is 10.1. The van der Waals surface area contributed by atoms with Crippen molar-refractivity contribution in [3.8, 4) is 12.3 Å². The van der Waals surface area contributed by atoms with Gasteiger partial charge in [0, 0.05) is 12.4 Å². The number of carbonyl (C=O) groups excluding carboxylic acids is 1. The maximum absolute atomic E-state index is 11.8. The van der Waals surface area contributed by atoms with Gasteiger partial charge in [0.05, 0.1) is 16.6 Å². The van der Waals surface area contributed by atoms with Gasteiger partial charge in [-0.15, -0.1) is 6.42 Å². The minimum atomic E-state index is -0.283. The maximum atomic E-state index is 11.8. The average molecular weight is 237 g/mol. The van der Waals surface area contributed by atoms with Gasteiger partial charge in [-0.25, -0.2) is 0 Å². The number of hydrogen-bond donors (Lipinski definition) is 1. The third-order valence-corrected chi connectivity index (χ3v) is 2.43. The highest BCUT2D eigenvalue weighted by Crippen LogP contribution is 2.13. The van der Waals surface area contributed by atoms with Crippen LogP contribution in [0.3, 0.4) is 0 Å². The van der Waals surface area contributed by atoms with Gasteiger partial charge >= 0.3 is 0 Å². The lowest BCUT2D eigenvalue weighted by Crippen LogP contribution is -2.33. The van der Waals surface area contributed by atoms with Crippen LogP contribution in [-0.2, 0) is 0 Å². The molecule has 4 heteroatoms. The van der Waals surface area contributed by atoms with E-state index >= 15 is 0 Å². The van der Waals surface area contributed by atoms with Crippen LogP contribution in [-0.4, -0.2) is 16.9 Å². The van der Waals surface area contributed by atoms with E-state index < -0.39 is 0 Å². The number of halogens is 1. The molecule has 1 unspecified atom stereocenters. The van der Waals surface area contributed by atoms with Crippen LogP contribution in [0.2, 0.25) is 5.02 Å². The Bertz CT molecular complexity index is 412. The molecule has 1 aromatic heterocycles. The molecule has 0 radical (unpaired) electrons. The van der Waals surface area contributed by atoms with Crippen molar-refractivity contribution < 1.29 is 4.79 Å². The molecule has 1 heterocycles. The first-order valence-electron chi connectivity index (χ1n) is 5.05. The van der Waals surface area contributed by atoms with Crippen LogP contribution < -0.4 is 5.32 Å². The van der Waals surface area contributed by atoms with E-state index in [-0.39, 0.29) is 11.9 Å². The van der Waals surface area contributed by atoms with Crippen molar-refractivity contribution >= 4 is 17.5 Å². The molecule has 16 heavy (non-hydrogen) atoms. The van der Waals surface area contributed by atoms with Crippen LogP contribution >= 0.6 is 11.6 Å². The first-order chi connectivity index (χ1) is 7.69. The zero-order chi connectivity index (χ0) is 12.0. The second-order valence-corrected chi connectivity index (χ2v) is 3.74. The number of aromatic nitrogens is 1. The topological polar surface area (TPSA) is 42.0 Å². The summed E-state index contributed by atoms with van der Waals surface area (Å²) in [5, 5.41) is 3.10. The summed E-state index contributed by atoms with van der Waals surface area (Å²) in [5.74, 6) is 2.24. The quantitative estimate of drug-likeness (QED) is 0.815. The summed E-state index contributed by atoms with van der Waals surface area (Å²) in [6, 6.07) is 1.31. The third-order valence-electron chi connectivity index (χ3n) is 2.10. The maximum Gasteiger partial charge on any atom is 0.255 e. The van der Waals surface area contributed by atoms with Crippen LogP contribution in [0.4, 0.5) is 0 Å². The average Bonchev–Trinajstić information content (AvgIpc) is 2.28. The predicted molar refractivity (Wildman–Crippen MR) is 64.2 cm³/mol. The summed E-state index contributed by atoms with van der Waals surface area (Å²) in [4.78, 5) is 15.6. The molecule has 1 aromatic rings. The molecule has 0 saturated heterocycles. The molecule has 1 rings (SSSR count). The van der Waals surface area contributed by atoms with Crippen LogP contribution in [0.15, 0.2) is 18.5 Å². The van der Waals surface area contributed by atoms with Crippen LogP contribution in [0.25, 0.3) is 0 Å². The highest BCUT2D eigenvalue weighted by atomic mass is 35.5. The molecular formula is C12H13ClN2O. The summed E-state index contributed by atoms with van der Waals surface area (Å²) in [6.45, 7) is 2.01. The number of terminal acetylenes is 1. The Morgan fingerprint density at radius 2 is 2.50 bits per heavy atom. The smallest absolute Gasteiger partial charge is 0.255 e. The molecule has 84 valence electrons. The van der Waals surface area contributed by atoms with E-state index in [2.05, 4.69) is 16.2 Å². The minimum absolute atomic E-state index is 0.256. The molecule has 1 atom stereocenters. The van der Waals surface area contributed by atoms with Gasteiger partial charge in [-0.05, 0) is 12.5 Å². The molecule has 1 N–H and O–H groups in total. The summed E-state index contributed by atoms with van der Waals surface area (Å²) < 4.78 is 0. The van der Waals surface area contributed by atoms with Crippen molar-refractivity contribution in [3.63, 3.8) is 0 Å². The number of rotatable bonds is 4. The Morgan fingerprint density at radius 1 is 1.75 bits per heavy atom. The SMILES string of the molecule is C#CC(CCC)NC(=O)c1cnccc1Cl. The highest BCUT2D eigenvalue weighted by Gasteiger charge is 2.13. The van der Waals surface area contributed by atoms with Crippen molar-refractivity contribution in [1.29, 1.82) is 0 Å². The Hall–Kier alpha value is -1.53. The third kappa shape index (κ3) is 3.25. The Morgan fingerprint density at radius 3 is 3.06 bits per heavy atom. The van der Waals surface area contributed by atoms with Crippen LogP contribution in [0, 0.1) is 12.3 Å². The van der Waals surface area contributed by atoms with Gasteiger partial charge in [-0.2, -0.15) is 0 Å². The molecule has 3 nitrogen and oxygen atoms in total. The van der Waals surface area contributed by atoms with E-state index in [1.54, 1.807) is 6.07 Å². The standard InChI is InChI=1S/C12H13ClN2O/c1-3-5-9(4-2)15-12(16)10-8-14-7-6-11(10)13/h2,6-9H,3,5H2,1H3,(H,15,16). The van der Waals surface area contributed by atoms with E-state index in [4.69, 9.17) is 18.0 Å². The lowest BCUT2D eigenvalue weighted by Gasteiger charge is -2.12. The van der Waals surface area contributed by atoms with Gasteiger partial charge in [0.1, 0.15) is 0 Å². The molecule has 0 saturated carbocycles. The van der Waals surface area contributed by atoms with Gasteiger partial charge in [0.2, 0.25) is 0 Å². The van der Waals surface area contributed by atoms with Gasteiger partial charge in [0.15, 0.2) is 0 Å². The summed E-state index contributed by atoms with van der Waals surface area (Å²) in [6.07, 6.45) is 9.93. The van der Waals surface area contributed by atoms with Gasteiger partial charge in [0.25, 0.3) is 5.91 Å². The summed E-state index contributed by atoms with van der Waals surface area (Å²) in [5.41, 5.74) is 0.348. The van der Waals surface area contributed by atoms with Gasteiger partial charge < -0.3 is 5.32 Å². The molecule has 0 aromatic carbocycles. The van der Waals surface area contributed by atoms with Gasteiger partial charge in [-0.3, -0.25) is 9.78 Å². The fourth-order valence-corrected chi connectivity index (χ4v) is 1.46. The van der Waals surface area contributed by atoms with E-state index in [1.165, 1.54) is 12.4 Å². The number of amides is 1. The second kappa shape index (κ2) is 6.14. The van der Waals surface area contributed by atoms with E-state index in [0.717, 1.165) is 12.8 Å². The predicted octanol–water partition coefficient (Wildman–Crippen LogP) is 2.27. The molecule has 0 aliphatic rings. The van der Waals surface area contributed by atoms with Crippen molar-refractivity contribution in [1.82, 2.24) is 10.3 Å². The lowest BCUT2D eigenvalue weighted by molar-refractivity contribution is 0.0944. The number of nitrogens with zero attached hydrogens (tertiary/aromatic N) is 1. The molecule has 0 bridgehead atoms. The van der Waals surface area contributed by atoms with Crippen LogP contribution in [0.1, 0.15) is 30.1 Å². The van der Waals surface area contributed by atoms with Crippen molar-refractivity contribution in [3.05, 3.63) is 29.0 Å². The molecule has 0 fully saturated rings. The Balaban J connectivity index is 2.73. The monoisotopic (exact) mass is 236 g/mol. The second-order valence-electron chi connectivity index (χ2n) is 3.34. The fourth-order valence-electron chi connectivity index (χ4n) is 1.27. The number of carbonyl (C=O) groups is 1. The zero-order valence-corrected chi connectivity index (χ0v) is 9.79. The Labute approximate surface area is 100 Å². The van der Waals surface area contributed by atoms with E-state index in [0.29, 0.717) is 10.6 Å². The number of pyridine rings is 1. The summed E-state index contributed by atoms with van der Waals surface area (Å²) >= 11 is 5.87. The van der Waals surface area contributed by atoms with Crippen molar-refractivity contribution in [2.45, 2.75) is 25.8 Å². The first kappa shape index (κ1) is 12.5. The fraction of sp³-hybridized carbons (Fsp3) is 0.333. The van der Waals surface area contributed by atoms with E-state index in [9.17, 15) is 4.79 Å². The molecule has 1 amide bonds. The molecule has 0 aliphatic carbocycles. The largest absolute Gasteiger partial charge is 0.338 e. The summed E-state index contributed by atoms with van der Waals surface area (Å²) in [7, 11) is 0. The Kier molecular flexibility index (Phi) is 4.81. The van der Waals surface area contributed by atoms with Gasteiger partial charge in [-0.1, -0.05) is 30.9 Å². The van der Waals surface area contributed by atoms with E-state index in [1.807, 2.05) is 6.92 Å². The zero-order valence-electron chi connectivity index (χ0n) is 9.03. The minimum Gasteiger partial charge on any atom is -0.338 e. The normalized spacial score (nSPS) is 11.6. The number of hydrogen-bond acceptors (Lipinski definition) is 2. The number of nitrogens with one attached hydrogen (secondary N) is 1. The highest BCUT2D eigenvalue weighted by molar-refractivity contribution is 6.33. The van der Waals surface area contributed by atoms with Crippen molar-refractivity contribution in [2.24, 2.45) is 0 Å². The van der Waals surface area contributed by atoms with Crippen LogP contribution in [0.5, 0.6) is 0 Å². The molecular weight excluding hydrogens is 224 g/mol. The molecule has 0 aliphatic heterocycles. The van der Waals surface area contributed by atoms with Crippen molar-refractivity contribution in [2.75, 3.05) is 0 Å².